The molecule has 0 bridgehead atoms. The predicted octanol–water partition coefficient (Wildman–Crippen LogP) is -0.728. The minimum atomic E-state index is -0.252. The lowest BCUT2D eigenvalue weighted by Gasteiger charge is -2.04. The van der Waals surface area contributed by atoms with Gasteiger partial charge in [-0.05, 0) is 13.3 Å². The average molecular weight is 183 g/mol. The van der Waals surface area contributed by atoms with Crippen LogP contribution in [0, 0.1) is 0 Å². The fourth-order valence-electron chi connectivity index (χ4n) is 0.812. The van der Waals surface area contributed by atoms with Gasteiger partial charge in [0.05, 0.1) is 0 Å². The van der Waals surface area contributed by atoms with Crippen molar-refractivity contribution < 1.29 is 4.79 Å². The van der Waals surface area contributed by atoms with Gasteiger partial charge in [0.25, 0.3) is 5.91 Å². The molecule has 1 unspecified atom stereocenters. The van der Waals surface area contributed by atoms with E-state index in [1.54, 1.807) is 0 Å². The van der Waals surface area contributed by atoms with Gasteiger partial charge in [-0.1, -0.05) is 0 Å². The van der Waals surface area contributed by atoms with Gasteiger partial charge in [0.15, 0.2) is 0 Å². The number of hydrogen-bond acceptors (Lipinski definition) is 4. The van der Waals surface area contributed by atoms with E-state index >= 15 is 0 Å². The Labute approximate surface area is 75.9 Å². The number of aromatic nitrogens is 3. The van der Waals surface area contributed by atoms with Crippen LogP contribution >= 0.6 is 0 Å². The number of nitrogens with two attached hydrogens (primary N) is 1. The Morgan fingerprint density at radius 2 is 2.62 bits per heavy atom. The summed E-state index contributed by atoms with van der Waals surface area (Å²) < 4.78 is 0. The molecule has 13 heavy (non-hydrogen) atoms. The summed E-state index contributed by atoms with van der Waals surface area (Å²) in [4.78, 5) is 14.9. The van der Waals surface area contributed by atoms with Crippen LogP contribution in [-0.2, 0) is 0 Å². The SMILES string of the molecule is CC(N)CCNC(=O)c1ncn[nH]1. The van der Waals surface area contributed by atoms with Gasteiger partial charge in [0.2, 0.25) is 5.82 Å². The number of rotatable bonds is 4. The lowest BCUT2D eigenvalue weighted by molar-refractivity contribution is 0.0943. The largest absolute Gasteiger partial charge is 0.349 e. The molecule has 1 amide bonds. The minimum Gasteiger partial charge on any atom is -0.349 e. The monoisotopic (exact) mass is 183 g/mol. The molecule has 72 valence electrons. The normalized spacial score (nSPS) is 12.5. The van der Waals surface area contributed by atoms with Gasteiger partial charge in [-0.3, -0.25) is 9.89 Å². The zero-order valence-electron chi connectivity index (χ0n) is 7.45. The van der Waals surface area contributed by atoms with E-state index in [9.17, 15) is 4.79 Å². The summed E-state index contributed by atoms with van der Waals surface area (Å²) in [5.74, 6) is -0.0252. The molecule has 6 heteroatoms. The standard InChI is InChI=1S/C7H13N5O/c1-5(8)2-3-9-7(13)6-10-4-11-12-6/h4-5H,2-3,8H2,1H3,(H,9,13)(H,10,11,12). The third-order valence-electron chi connectivity index (χ3n) is 1.52. The van der Waals surface area contributed by atoms with Crippen LogP contribution in [0.5, 0.6) is 0 Å². The van der Waals surface area contributed by atoms with Crippen LogP contribution in [0.25, 0.3) is 0 Å². The maximum atomic E-state index is 11.2. The van der Waals surface area contributed by atoms with Crippen molar-refractivity contribution >= 4 is 5.91 Å². The van der Waals surface area contributed by atoms with Gasteiger partial charge in [-0.25, -0.2) is 4.98 Å². The molecule has 1 aromatic heterocycles. The number of nitrogens with zero attached hydrogens (tertiary/aromatic N) is 2. The van der Waals surface area contributed by atoms with Gasteiger partial charge in [0, 0.05) is 12.6 Å². The van der Waals surface area contributed by atoms with Gasteiger partial charge in [-0.2, -0.15) is 5.10 Å². The highest BCUT2D eigenvalue weighted by molar-refractivity contribution is 5.90. The van der Waals surface area contributed by atoms with E-state index in [1.165, 1.54) is 6.33 Å². The molecule has 0 aliphatic heterocycles. The van der Waals surface area contributed by atoms with E-state index in [1.807, 2.05) is 6.92 Å². The number of H-pyrrole nitrogens is 1. The van der Waals surface area contributed by atoms with Crippen molar-refractivity contribution in [2.75, 3.05) is 6.54 Å². The molecule has 4 N–H and O–H groups in total. The molecule has 6 nitrogen and oxygen atoms in total. The highest BCUT2D eigenvalue weighted by atomic mass is 16.2. The first-order chi connectivity index (χ1) is 6.20. The maximum Gasteiger partial charge on any atom is 0.288 e. The second-order valence-corrected chi connectivity index (χ2v) is 2.86. The molecule has 0 saturated heterocycles. The number of aromatic amines is 1. The van der Waals surface area contributed by atoms with Crippen molar-refractivity contribution in [2.45, 2.75) is 19.4 Å². The van der Waals surface area contributed by atoms with E-state index in [-0.39, 0.29) is 17.8 Å². The lowest BCUT2D eigenvalue weighted by Crippen LogP contribution is -2.29. The van der Waals surface area contributed by atoms with Crippen LogP contribution in [0.1, 0.15) is 24.0 Å². The van der Waals surface area contributed by atoms with Crippen molar-refractivity contribution in [2.24, 2.45) is 5.73 Å². The molecule has 1 heterocycles. The smallest absolute Gasteiger partial charge is 0.288 e. The Hall–Kier alpha value is -1.43. The summed E-state index contributed by atoms with van der Waals surface area (Å²) >= 11 is 0. The number of nitrogens with one attached hydrogen (secondary N) is 2. The van der Waals surface area contributed by atoms with Crippen LogP contribution in [0.4, 0.5) is 0 Å². The molecule has 1 aromatic rings. The zero-order valence-corrected chi connectivity index (χ0v) is 7.45. The number of hydrogen-bond donors (Lipinski definition) is 3. The van der Waals surface area contributed by atoms with Crippen LogP contribution in [-0.4, -0.2) is 33.7 Å². The third kappa shape index (κ3) is 3.20. The molecule has 0 saturated carbocycles. The summed E-state index contributed by atoms with van der Waals surface area (Å²) in [7, 11) is 0. The Kier molecular flexibility index (Phi) is 3.39. The molecular weight excluding hydrogens is 170 g/mol. The first-order valence-corrected chi connectivity index (χ1v) is 4.09. The average Bonchev–Trinajstić information content (AvgIpc) is 2.55. The van der Waals surface area contributed by atoms with Crippen LogP contribution in [0.2, 0.25) is 0 Å². The molecule has 1 atom stereocenters. The quantitative estimate of drug-likeness (QED) is 0.573. The Bertz CT molecular complexity index is 256. The van der Waals surface area contributed by atoms with Gasteiger partial charge < -0.3 is 11.1 Å². The van der Waals surface area contributed by atoms with Crippen LogP contribution < -0.4 is 11.1 Å². The molecule has 0 aromatic carbocycles. The highest BCUT2D eigenvalue weighted by Gasteiger charge is 2.06. The molecule has 0 radical (unpaired) electrons. The molecule has 1 rings (SSSR count). The van der Waals surface area contributed by atoms with Gasteiger partial charge in [-0.15, -0.1) is 0 Å². The van der Waals surface area contributed by atoms with Crippen molar-refractivity contribution in [3.8, 4) is 0 Å². The first kappa shape index (κ1) is 9.66. The van der Waals surface area contributed by atoms with Crippen molar-refractivity contribution in [3.05, 3.63) is 12.2 Å². The summed E-state index contributed by atoms with van der Waals surface area (Å²) in [6.45, 7) is 2.44. The van der Waals surface area contributed by atoms with Crippen LogP contribution in [0.15, 0.2) is 6.33 Å². The summed E-state index contributed by atoms with van der Waals surface area (Å²) in [6, 6.07) is 0.0926. The third-order valence-corrected chi connectivity index (χ3v) is 1.52. The fourth-order valence-corrected chi connectivity index (χ4v) is 0.812. The van der Waals surface area contributed by atoms with Gasteiger partial charge >= 0.3 is 0 Å². The topological polar surface area (TPSA) is 96.7 Å². The summed E-state index contributed by atoms with van der Waals surface area (Å²) in [6.07, 6.45) is 2.04. The molecule has 0 fully saturated rings. The lowest BCUT2D eigenvalue weighted by atomic mass is 10.2. The highest BCUT2D eigenvalue weighted by Crippen LogP contribution is 1.87. The van der Waals surface area contributed by atoms with E-state index in [4.69, 9.17) is 5.73 Å². The molecule has 0 spiro atoms. The number of carbonyl (C=O) groups is 1. The second-order valence-electron chi connectivity index (χ2n) is 2.86. The zero-order chi connectivity index (χ0) is 9.68. The van der Waals surface area contributed by atoms with Gasteiger partial charge in [0.1, 0.15) is 6.33 Å². The summed E-state index contributed by atoms with van der Waals surface area (Å²) in [5.41, 5.74) is 5.51. The molecule has 0 aliphatic rings. The first-order valence-electron chi connectivity index (χ1n) is 4.09. The fraction of sp³-hybridized carbons (Fsp3) is 0.571. The molecule has 0 aliphatic carbocycles. The van der Waals surface area contributed by atoms with E-state index < -0.39 is 0 Å². The minimum absolute atomic E-state index is 0.0926. The maximum absolute atomic E-state index is 11.2. The van der Waals surface area contributed by atoms with Crippen molar-refractivity contribution in [1.82, 2.24) is 20.5 Å². The number of carbonyl (C=O) groups excluding carboxylic acids is 1. The van der Waals surface area contributed by atoms with E-state index in [2.05, 4.69) is 20.5 Å². The summed E-state index contributed by atoms with van der Waals surface area (Å²) in [5, 5.41) is 8.70. The van der Waals surface area contributed by atoms with Crippen LogP contribution in [0.3, 0.4) is 0 Å². The van der Waals surface area contributed by atoms with Crippen molar-refractivity contribution in [3.63, 3.8) is 0 Å². The predicted molar refractivity (Wildman–Crippen MR) is 47.0 cm³/mol. The molecular formula is C7H13N5O. The second kappa shape index (κ2) is 4.56. The Morgan fingerprint density at radius 3 is 3.15 bits per heavy atom. The van der Waals surface area contributed by atoms with E-state index in [0.717, 1.165) is 6.42 Å². The Balaban J connectivity index is 2.27. The Morgan fingerprint density at radius 1 is 1.85 bits per heavy atom. The van der Waals surface area contributed by atoms with E-state index in [0.29, 0.717) is 6.54 Å². The van der Waals surface area contributed by atoms with Crippen molar-refractivity contribution in [1.29, 1.82) is 0 Å². The number of amides is 1.